The molecule has 0 unspecified atom stereocenters. The van der Waals surface area contributed by atoms with Crippen molar-refractivity contribution in [3.05, 3.63) is 58.6 Å². The van der Waals surface area contributed by atoms with Gasteiger partial charge in [-0.1, -0.05) is 42.3 Å². The van der Waals surface area contributed by atoms with Gasteiger partial charge >= 0.3 is 0 Å². The second kappa shape index (κ2) is 7.34. The SMILES string of the molecule is CC[C@H](Oc1cccc(Cl)c1)C(=O)Nc1cccc(Cl)c1. The lowest BCUT2D eigenvalue weighted by Gasteiger charge is -2.17. The Balaban J connectivity index is 2.05. The normalized spacial score (nSPS) is 11.8. The lowest BCUT2D eigenvalue weighted by Crippen LogP contribution is -2.32. The number of carbonyl (C=O) groups is 1. The van der Waals surface area contributed by atoms with Gasteiger partial charge in [0.15, 0.2) is 6.10 Å². The molecule has 0 saturated carbocycles. The Hall–Kier alpha value is -1.71. The van der Waals surface area contributed by atoms with Gasteiger partial charge in [0.2, 0.25) is 0 Å². The van der Waals surface area contributed by atoms with Crippen molar-refractivity contribution in [2.75, 3.05) is 5.32 Å². The molecular formula is C16H15Cl2NO2. The highest BCUT2D eigenvalue weighted by Gasteiger charge is 2.18. The Labute approximate surface area is 133 Å². The molecule has 0 radical (unpaired) electrons. The lowest BCUT2D eigenvalue weighted by atomic mass is 10.2. The average molecular weight is 324 g/mol. The van der Waals surface area contributed by atoms with E-state index in [0.717, 1.165) is 0 Å². The molecule has 2 aromatic rings. The zero-order valence-corrected chi connectivity index (χ0v) is 13.0. The third kappa shape index (κ3) is 4.66. The summed E-state index contributed by atoms with van der Waals surface area (Å²) in [6.07, 6.45) is -0.0544. The van der Waals surface area contributed by atoms with Gasteiger partial charge in [0.05, 0.1) is 0 Å². The maximum Gasteiger partial charge on any atom is 0.265 e. The van der Waals surface area contributed by atoms with Crippen LogP contribution in [-0.4, -0.2) is 12.0 Å². The Morgan fingerprint density at radius 2 is 1.81 bits per heavy atom. The minimum absolute atomic E-state index is 0.222. The molecule has 0 aliphatic rings. The minimum atomic E-state index is -0.595. The summed E-state index contributed by atoms with van der Waals surface area (Å²) in [5.74, 6) is 0.343. The molecule has 21 heavy (non-hydrogen) atoms. The Bertz CT molecular complexity index is 631. The van der Waals surface area contributed by atoms with Crippen LogP contribution in [0.3, 0.4) is 0 Å². The molecular weight excluding hydrogens is 309 g/mol. The Morgan fingerprint density at radius 1 is 1.14 bits per heavy atom. The third-order valence-electron chi connectivity index (χ3n) is 2.83. The van der Waals surface area contributed by atoms with Crippen LogP contribution in [0.15, 0.2) is 48.5 Å². The van der Waals surface area contributed by atoms with Crippen molar-refractivity contribution in [2.24, 2.45) is 0 Å². The standard InChI is InChI=1S/C16H15Cl2NO2/c1-2-15(21-14-8-4-6-12(18)10-14)16(20)19-13-7-3-5-11(17)9-13/h3-10,15H,2H2,1H3,(H,19,20)/t15-/m0/s1. The summed E-state index contributed by atoms with van der Waals surface area (Å²) >= 11 is 11.8. The van der Waals surface area contributed by atoms with E-state index in [1.807, 2.05) is 6.92 Å². The summed E-state index contributed by atoms with van der Waals surface area (Å²) in [6, 6.07) is 14.0. The number of rotatable bonds is 5. The van der Waals surface area contributed by atoms with Gasteiger partial charge in [-0.05, 0) is 42.8 Å². The molecule has 0 aromatic heterocycles. The maximum atomic E-state index is 12.2. The summed E-state index contributed by atoms with van der Waals surface area (Å²) < 4.78 is 5.68. The Morgan fingerprint density at radius 3 is 2.43 bits per heavy atom. The molecule has 0 spiro atoms. The van der Waals surface area contributed by atoms with Crippen LogP contribution >= 0.6 is 23.2 Å². The monoisotopic (exact) mass is 323 g/mol. The summed E-state index contributed by atoms with van der Waals surface area (Å²) in [4.78, 5) is 12.2. The van der Waals surface area contributed by atoms with E-state index in [4.69, 9.17) is 27.9 Å². The predicted molar refractivity (Wildman–Crippen MR) is 86.2 cm³/mol. The van der Waals surface area contributed by atoms with Crippen LogP contribution in [0.1, 0.15) is 13.3 Å². The fourth-order valence-electron chi connectivity index (χ4n) is 1.82. The molecule has 0 aliphatic carbocycles. The fourth-order valence-corrected chi connectivity index (χ4v) is 2.19. The number of hydrogen-bond donors (Lipinski definition) is 1. The number of amides is 1. The number of hydrogen-bond acceptors (Lipinski definition) is 2. The van der Waals surface area contributed by atoms with Gasteiger partial charge in [-0.25, -0.2) is 0 Å². The van der Waals surface area contributed by atoms with E-state index in [9.17, 15) is 4.79 Å². The molecule has 3 nitrogen and oxygen atoms in total. The molecule has 0 fully saturated rings. The molecule has 2 rings (SSSR count). The highest BCUT2D eigenvalue weighted by molar-refractivity contribution is 6.31. The van der Waals surface area contributed by atoms with Crippen LogP contribution in [0.25, 0.3) is 0 Å². The van der Waals surface area contributed by atoms with E-state index in [1.54, 1.807) is 48.5 Å². The van der Waals surface area contributed by atoms with Gasteiger partial charge in [-0.2, -0.15) is 0 Å². The molecule has 0 aliphatic heterocycles. The van der Waals surface area contributed by atoms with Gasteiger partial charge in [0.1, 0.15) is 5.75 Å². The van der Waals surface area contributed by atoms with Crippen LogP contribution in [-0.2, 0) is 4.79 Å². The average Bonchev–Trinajstić information content (AvgIpc) is 2.44. The van der Waals surface area contributed by atoms with E-state index in [-0.39, 0.29) is 5.91 Å². The van der Waals surface area contributed by atoms with Gasteiger partial charge in [0, 0.05) is 15.7 Å². The molecule has 1 amide bonds. The number of anilines is 1. The largest absolute Gasteiger partial charge is 0.481 e. The highest BCUT2D eigenvalue weighted by Crippen LogP contribution is 2.20. The van der Waals surface area contributed by atoms with Crippen molar-refractivity contribution in [3.8, 4) is 5.75 Å². The van der Waals surface area contributed by atoms with Crippen LogP contribution in [0.2, 0.25) is 10.0 Å². The molecule has 110 valence electrons. The van der Waals surface area contributed by atoms with Crippen molar-refractivity contribution in [2.45, 2.75) is 19.4 Å². The molecule has 5 heteroatoms. The topological polar surface area (TPSA) is 38.3 Å². The smallest absolute Gasteiger partial charge is 0.265 e. The first-order valence-corrected chi connectivity index (χ1v) is 7.32. The van der Waals surface area contributed by atoms with E-state index in [2.05, 4.69) is 5.32 Å². The third-order valence-corrected chi connectivity index (χ3v) is 3.30. The van der Waals surface area contributed by atoms with Crippen molar-refractivity contribution in [1.82, 2.24) is 0 Å². The zero-order chi connectivity index (χ0) is 15.2. The maximum absolute atomic E-state index is 12.2. The molecule has 0 bridgehead atoms. The van der Waals surface area contributed by atoms with E-state index >= 15 is 0 Å². The van der Waals surface area contributed by atoms with Crippen LogP contribution < -0.4 is 10.1 Å². The number of ether oxygens (including phenoxy) is 1. The van der Waals surface area contributed by atoms with E-state index in [0.29, 0.717) is 27.9 Å². The van der Waals surface area contributed by atoms with E-state index in [1.165, 1.54) is 0 Å². The number of benzene rings is 2. The Kier molecular flexibility index (Phi) is 5.48. The summed E-state index contributed by atoms with van der Waals surface area (Å²) in [7, 11) is 0. The minimum Gasteiger partial charge on any atom is -0.481 e. The molecule has 2 aromatic carbocycles. The van der Waals surface area contributed by atoms with Gasteiger partial charge in [-0.3, -0.25) is 4.79 Å². The first-order chi connectivity index (χ1) is 10.1. The van der Waals surface area contributed by atoms with Gasteiger partial charge < -0.3 is 10.1 Å². The van der Waals surface area contributed by atoms with Crippen molar-refractivity contribution < 1.29 is 9.53 Å². The van der Waals surface area contributed by atoms with Crippen molar-refractivity contribution in [1.29, 1.82) is 0 Å². The molecule has 1 atom stereocenters. The number of carbonyl (C=O) groups excluding carboxylic acids is 1. The second-order valence-electron chi connectivity index (χ2n) is 4.47. The van der Waals surface area contributed by atoms with Crippen LogP contribution in [0.5, 0.6) is 5.75 Å². The number of nitrogens with one attached hydrogen (secondary N) is 1. The predicted octanol–water partition coefficient (Wildman–Crippen LogP) is 4.79. The van der Waals surface area contributed by atoms with Crippen molar-refractivity contribution >= 4 is 34.8 Å². The van der Waals surface area contributed by atoms with E-state index < -0.39 is 6.10 Å². The summed E-state index contributed by atoms with van der Waals surface area (Å²) in [5, 5.41) is 3.92. The van der Waals surface area contributed by atoms with Gasteiger partial charge in [-0.15, -0.1) is 0 Å². The molecule has 0 saturated heterocycles. The quantitative estimate of drug-likeness (QED) is 0.859. The fraction of sp³-hybridized carbons (Fsp3) is 0.188. The summed E-state index contributed by atoms with van der Waals surface area (Å²) in [5.41, 5.74) is 0.639. The van der Waals surface area contributed by atoms with Crippen LogP contribution in [0.4, 0.5) is 5.69 Å². The summed E-state index contributed by atoms with van der Waals surface area (Å²) in [6.45, 7) is 1.88. The molecule has 0 heterocycles. The van der Waals surface area contributed by atoms with Crippen molar-refractivity contribution in [3.63, 3.8) is 0 Å². The van der Waals surface area contributed by atoms with Gasteiger partial charge in [0.25, 0.3) is 5.91 Å². The van der Waals surface area contributed by atoms with Crippen LogP contribution in [0, 0.1) is 0 Å². The first-order valence-electron chi connectivity index (χ1n) is 6.57. The highest BCUT2D eigenvalue weighted by atomic mass is 35.5. The zero-order valence-electron chi connectivity index (χ0n) is 11.5. The first kappa shape index (κ1) is 15.7. The number of halogens is 2. The second-order valence-corrected chi connectivity index (χ2v) is 5.34. The molecule has 1 N–H and O–H groups in total. The lowest BCUT2D eigenvalue weighted by molar-refractivity contribution is -0.122.